The Bertz CT molecular complexity index is 1460. The molecule has 0 aromatic heterocycles. The van der Waals surface area contributed by atoms with Crippen LogP contribution < -0.4 is 15.4 Å². The SMILES string of the molecule is COc1cccc(C(=O)Nc2ccc(C3=NCC(=O)Nc4c3ccc3ccccc43)cc2)c1Cl. The fraction of sp³-hybridized carbons (Fsp3) is 0.0741. The Morgan fingerprint density at radius 3 is 2.59 bits per heavy atom. The maximum Gasteiger partial charge on any atom is 0.257 e. The number of nitrogens with zero attached hydrogens (tertiary/aromatic N) is 1. The van der Waals surface area contributed by atoms with Gasteiger partial charge >= 0.3 is 0 Å². The molecule has 4 aromatic rings. The molecule has 0 aliphatic carbocycles. The van der Waals surface area contributed by atoms with Crippen molar-refractivity contribution in [3.63, 3.8) is 0 Å². The number of halogens is 1. The summed E-state index contributed by atoms with van der Waals surface area (Å²) < 4.78 is 5.19. The molecule has 0 bridgehead atoms. The molecular formula is C27H20ClN3O3. The van der Waals surface area contributed by atoms with Crippen LogP contribution in [0.3, 0.4) is 0 Å². The molecule has 34 heavy (non-hydrogen) atoms. The van der Waals surface area contributed by atoms with Crippen molar-refractivity contribution in [2.45, 2.75) is 0 Å². The summed E-state index contributed by atoms with van der Waals surface area (Å²) in [6, 6.07) is 24.3. The van der Waals surface area contributed by atoms with Gasteiger partial charge in [0.1, 0.15) is 12.3 Å². The van der Waals surface area contributed by atoms with Gasteiger partial charge in [-0.05, 0) is 29.7 Å². The van der Waals surface area contributed by atoms with Gasteiger partial charge in [-0.15, -0.1) is 0 Å². The predicted molar refractivity (Wildman–Crippen MR) is 135 cm³/mol. The molecule has 0 fully saturated rings. The van der Waals surface area contributed by atoms with Crippen LogP contribution in [-0.2, 0) is 4.79 Å². The molecule has 5 rings (SSSR count). The molecule has 0 saturated carbocycles. The average Bonchev–Trinajstić information content (AvgIpc) is 3.03. The van der Waals surface area contributed by atoms with Crippen LogP contribution in [0.25, 0.3) is 10.8 Å². The number of methoxy groups -OCH3 is 1. The number of ether oxygens (including phenoxy) is 1. The van der Waals surface area contributed by atoms with E-state index in [4.69, 9.17) is 16.3 Å². The first-order valence-electron chi connectivity index (χ1n) is 10.7. The number of benzene rings is 4. The van der Waals surface area contributed by atoms with Gasteiger partial charge in [-0.1, -0.05) is 66.2 Å². The van der Waals surface area contributed by atoms with E-state index in [0.717, 1.165) is 27.6 Å². The van der Waals surface area contributed by atoms with Crippen molar-refractivity contribution in [3.8, 4) is 5.75 Å². The van der Waals surface area contributed by atoms with Crippen molar-refractivity contribution in [1.82, 2.24) is 0 Å². The number of fused-ring (bicyclic) bond motifs is 3. The molecule has 1 heterocycles. The van der Waals surface area contributed by atoms with Crippen molar-refractivity contribution in [2.24, 2.45) is 4.99 Å². The first-order chi connectivity index (χ1) is 16.5. The van der Waals surface area contributed by atoms with Gasteiger partial charge in [0.25, 0.3) is 5.91 Å². The highest BCUT2D eigenvalue weighted by molar-refractivity contribution is 6.35. The molecule has 0 radical (unpaired) electrons. The van der Waals surface area contributed by atoms with Gasteiger partial charge in [-0.2, -0.15) is 0 Å². The van der Waals surface area contributed by atoms with E-state index in [1.165, 1.54) is 7.11 Å². The lowest BCUT2D eigenvalue weighted by Crippen LogP contribution is -2.13. The van der Waals surface area contributed by atoms with Crippen LogP contribution in [0, 0.1) is 0 Å². The lowest BCUT2D eigenvalue weighted by molar-refractivity contribution is -0.114. The molecule has 0 atom stereocenters. The summed E-state index contributed by atoms with van der Waals surface area (Å²) in [5.41, 5.74) is 4.09. The smallest absolute Gasteiger partial charge is 0.257 e. The third-order valence-corrected chi connectivity index (χ3v) is 6.06. The van der Waals surface area contributed by atoms with Crippen LogP contribution in [-0.4, -0.2) is 31.2 Å². The number of amides is 2. The number of rotatable bonds is 4. The van der Waals surface area contributed by atoms with Crippen molar-refractivity contribution >= 4 is 51.3 Å². The maximum absolute atomic E-state index is 12.7. The Morgan fingerprint density at radius 1 is 1.00 bits per heavy atom. The summed E-state index contributed by atoms with van der Waals surface area (Å²) in [6.07, 6.45) is 0. The van der Waals surface area contributed by atoms with E-state index in [0.29, 0.717) is 22.7 Å². The van der Waals surface area contributed by atoms with E-state index >= 15 is 0 Å². The van der Waals surface area contributed by atoms with Crippen LogP contribution in [0.15, 0.2) is 83.9 Å². The summed E-state index contributed by atoms with van der Waals surface area (Å²) in [6.45, 7) is 0.0329. The Labute approximate surface area is 201 Å². The van der Waals surface area contributed by atoms with E-state index in [1.54, 1.807) is 30.3 Å². The number of anilines is 2. The van der Waals surface area contributed by atoms with Gasteiger partial charge in [-0.3, -0.25) is 14.6 Å². The largest absolute Gasteiger partial charge is 0.495 e. The molecule has 168 valence electrons. The van der Waals surface area contributed by atoms with Crippen molar-refractivity contribution in [1.29, 1.82) is 0 Å². The second kappa shape index (κ2) is 9.00. The predicted octanol–water partition coefficient (Wildman–Crippen LogP) is 5.54. The topological polar surface area (TPSA) is 79.8 Å². The zero-order chi connectivity index (χ0) is 23.7. The van der Waals surface area contributed by atoms with Crippen LogP contribution in [0.4, 0.5) is 11.4 Å². The maximum atomic E-state index is 12.7. The van der Waals surface area contributed by atoms with Gasteiger partial charge in [0, 0.05) is 22.2 Å². The van der Waals surface area contributed by atoms with Crippen LogP contribution in [0.2, 0.25) is 5.02 Å². The summed E-state index contributed by atoms with van der Waals surface area (Å²) in [4.78, 5) is 29.7. The fourth-order valence-electron chi connectivity index (χ4n) is 4.02. The number of aliphatic imine (C=N–C) groups is 1. The molecule has 2 amide bonds. The van der Waals surface area contributed by atoms with E-state index in [9.17, 15) is 9.59 Å². The highest BCUT2D eigenvalue weighted by Crippen LogP contribution is 2.32. The first-order valence-corrected chi connectivity index (χ1v) is 11.0. The Balaban J connectivity index is 1.46. The lowest BCUT2D eigenvalue weighted by atomic mass is 9.96. The average molecular weight is 470 g/mol. The van der Waals surface area contributed by atoms with Crippen molar-refractivity contribution in [3.05, 3.63) is 101 Å². The third-order valence-electron chi connectivity index (χ3n) is 5.67. The van der Waals surface area contributed by atoms with Gasteiger partial charge < -0.3 is 15.4 Å². The molecule has 4 aromatic carbocycles. The second-order valence-corrected chi connectivity index (χ2v) is 8.15. The standard InChI is InChI=1S/C27H20ClN3O3/c1-34-22-8-4-7-20(24(22)28)27(33)30-18-12-9-17(10-13-18)25-21-14-11-16-5-2-3-6-19(16)26(21)31-23(32)15-29-25/h2-14H,15H2,1H3,(H,30,33)(H,31,32). The highest BCUT2D eigenvalue weighted by atomic mass is 35.5. The van der Waals surface area contributed by atoms with E-state index < -0.39 is 0 Å². The summed E-state index contributed by atoms with van der Waals surface area (Å²) >= 11 is 6.28. The molecule has 7 heteroatoms. The normalized spacial score (nSPS) is 12.9. The fourth-order valence-corrected chi connectivity index (χ4v) is 4.31. The number of hydrogen-bond acceptors (Lipinski definition) is 4. The van der Waals surface area contributed by atoms with Gasteiger partial charge in [0.05, 0.1) is 29.1 Å². The minimum absolute atomic E-state index is 0.0329. The first kappa shape index (κ1) is 21.7. The molecule has 2 N–H and O–H groups in total. The van der Waals surface area contributed by atoms with Gasteiger partial charge in [-0.25, -0.2) is 0 Å². The Hall–Kier alpha value is -4.16. The molecule has 0 saturated heterocycles. The Morgan fingerprint density at radius 2 is 1.79 bits per heavy atom. The zero-order valence-corrected chi connectivity index (χ0v) is 19.0. The minimum atomic E-state index is -0.338. The van der Waals surface area contributed by atoms with Crippen LogP contribution in [0.5, 0.6) is 5.75 Å². The quantitative estimate of drug-likeness (QED) is 0.411. The van der Waals surface area contributed by atoms with E-state index in [-0.39, 0.29) is 23.4 Å². The van der Waals surface area contributed by atoms with E-state index in [1.807, 2.05) is 48.5 Å². The van der Waals surface area contributed by atoms with Crippen molar-refractivity contribution in [2.75, 3.05) is 24.3 Å². The van der Waals surface area contributed by atoms with E-state index in [2.05, 4.69) is 15.6 Å². The monoisotopic (exact) mass is 469 g/mol. The van der Waals surface area contributed by atoms with Crippen LogP contribution >= 0.6 is 11.6 Å². The number of carbonyl (C=O) groups excluding carboxylic acids is 2. The highest BCUT2D eigenvalue weighted by Gasteiger charge is 2.20. The zero-order valence-electron chi connectivity index (χ0n) is 18.3. The molecule has 0 spiro atoms. The lowest BCUT2D eigenvalue weighted by Gasteiger charge is -2.14. The molecule has 1 aliphatic rings. The minimum Gasteiger partial charge on any atom is -0.495 e. The van der Waals surface area contributed by atoms with Gasteiger partial charge in [0.2, 0.25) is 5.91 Å². The summed E-state index contributed by atoms with van der Waals surface area (Å²) in [5.74, 6) is -0.0629. The molecule has 6 nitrogen and oxygen atoms in total. The Kier molecular flexibility index (Phi) is 5.74. The second-order valence-electron chi connectivity index (χ2n) is 7.78. The van der Waals surface area contributed by atoms with Crippen LogP contribution in [0.1, 0.15) is 21.5 Å². The summed E-state index contributed by atoms with van der Waals surface area (Å²) in [7, 11) is 1.50. The van der Waals surface area contributed by atoms with Gasteiger partial charge in [0.15, 0.2) is 0 Å². The molecule has 0 unspecified atom stereocenters. The summed E-state index contributed by atoms with van der Waals surface area (Å²) in [5, 5.41) is 8.12. The molecular weight excluding hydrogens is 450 g/mol. The molecule has 1 aliphatic heterocycles. The number of nitrogens with one attached hydrogen (secondary N) is 2. The van der Waals surface area contributed by atoms with Crippen molar-refractivity contribution < 1.29 is 14.3 Å². The number of carbonyl (C=O) groups is 2. The third kappa shape index (κ3) is 4.00. The number of hydrogen-bond donors (Lipinski definition) is 2.